The summed E-state index contributed by atoms with van der Waals surface area (Å²) in [6.45, 7) is 2.56. The van der Waals surface area contributed by atoms with Crippen LogP contribution in [0.15, 0.2) is 44.6 Å². The molecule has 9 heteroatoms. The lowest BCUT2D eigenvalue weighted by atomic mass is 10.1. The van der Waals surface area contributed by atoms with E-state index < -0.39 is 15.7 Å². The van der Waals surface area contributed by atoms with Gasteiger partial charge in [0.15, 0.2) is 21.6 Å². The molecule has 2 rings (SSSR count). The van der Waals surface area contributed by atoms with E-state index in [1.54, 1.807) is 32.2 Å². The lowest BCUT2D eigenvalue weighted by Crippen LogP contribution is -2.36. The molecule has 0 saturated heterocycles. The van der Waals surface area contributed by atoms with Crippen LogP contribution in [-0.4, -0.2) is 33.6 Å². The van der Waals surface area contributed by atoms with Gasteiger partial charge < -0.3 is 20.8 Å². The third-order valence-corrected chi connectivity index (χ3v) is 4.91. The zero-order valence-corrected chi connectivity index (χ0v) is 15.7. The number of carbonyl (C=O) groups excluding carboxylic acids is 1. The maximum Gasteiger partial charge on any atom is 0.284 e. The van der Waals surface area contributed by atoms with Crippen LogP contribution < -0.4 is 16.4 Å². The first-order valence-corrected chi connectivity index (χ1v) is 9.72. The van der Waals surface area contributed by atoms with Gasteiger partial charge in [-0.25, -0.2) is 8.42 Å². The normalized spacial score (nSPS) is 12.0. The smallest absolute Gasteiger partial charge is 0.284 e. The number of rotatable bonds is 6. The predicted octanol–water partition coefficient (Wildman–Crippen LogP) is 0.956. The number of amides is 1. The number of aliphatic imine (C=N–C) groups is 1. The molecule has 0 spiro atoms. The molecule has 0 unspecified atom stereocenters. The third kappa shape index (κ3) is 5.09. The van der Waals surface area contributed by atoms with Crippen LogP contribution in [0.3, 0.4) is 0 Å². The molecule has 8 nitrogen and oxygen atoms in total. The third-order valence-electron chi connectivity index (χ3n) is 3.66. The number of primary amides is 1. The SMILES string of the molecule is CN=C(NCc1ccc(S(C)(=O)=O)c(C)c1)NCc1ccc(C(N)=O)o1. The van der Waals surface area contributed by atoms with Crippen molar-refractivity contribution in [2.45, 2.75) is 24.9 Å². The Morgan fingerprint density at radius 1 is 1.19 bits per heavy atom. The summed E-state index contributed by atoms with van der Waals surface area (Å²) in [5.74, 6) is 0.569. The predicted molar refractivity (Wildman–Crippen MR) is 98.6 cm³/mol. The van der Waals surface area contributed by atoms with Crippen molar-refractivity contribution in [1.82, 2.24) is 10.6 Å². The molecule has 0 saturated carbocycles. The summed E-state index contributed by atoms with van der Waals surface area (Å²) in [6, 6.07) is 8.36. The number of benzene rings is 1. The molecule has 1 heterocycles. The number of sulfone groups is 1. The summed E-state index contributed by atoms with van der Waals surface area (Å²) in [7, 11) is -1.60. The Morgan fingerprint density at radius 2 is 1.88 bits per heavy atom. The quantitative estimate of drug-likeness (QED) is 0.507. The minimum atomic E-state index is -3.23. The first-order valence-electron chi connectivity index (χ1n) is 7.83. The summed E-state index contributed by atoms with van der Waals surface area (Å²) >= 11 is 0. The minimum absolute atomic E-state index is 0.103. The van der Waals surface area contributed by atoms with Crippen molar-refractivity contribution in [2.24, 2.45) is 10.7 Å². The molecule has 0 fully saturated rings. The number of nitrogens with zero attached hydrogens (tertiary/aromatic N) is 1. The number of nitrogens with one attached hydrogen (secondary N) is 2. The van der Waals surface area contributed by atoms with E-state index in [1.165, 1.54) is 12.3 Å². The van der Waals surface area contributed by atoms with Gasteiger partial charge in [-0.1, -0.05) is 12.1 Å². The van der Waals surface area contributed by atoms with Gasteiger partial charge in [-0.05, 0) is 36.2 Å². The van der Waals surface area contributed by atoms with E-state index in [-0.39, 0.29) is 5.76 Å². The van der Waals surface area contributed by atoms with Crippen molar-refractivity contribution >= 4 is 21.7 Å². The fourth-order valence-corrected chi connectivity index (χ4v) is 3.38. The highest BCUT2D eigenvalue weighted by molar-refractivity contribution is 7.90. The second kappa shape index (κ2) is 8.05. The zero-order valence-electron chi connectivity index (χ0n) is 14.9. The summed E-state index contributed by atoms with van der Waals surface area (Å²) in [5, 5.41) is 6.18. The van der Waals surface area contributed by atoms with Crippen molar-refractivity contribution in [3.8, 4) is 0 Å². The average Bonchev–Trinajstić information content (AvgIpc) is 3.03. The molecule has 2 aromatic rings. The van der Waals surface area contributed by atoms with Gasteiger partial charge in [0.25, 0.3) is 5.91 Å². The standard InChI is InChI=1S/C17H22N4O4S/c1-11-8-12(4-7-15(11)26(3,23)24)9-20-17(19-2)21-10-13-5-6-14(25-13)16(18)22/h4-8H,9-10H2,1-3H3,(H2,18,22)(H2,19,20,21). The number of guanidine groups is 1. The molecule has 26 heavy (non-hydrogen) atoms. The summed E-state index contributed by atoms with van der Waals surface area (Å²) in [4.78, 5) is 15.4. The lowest BCUT2D eigenvalue weighted by molar-refractivity contribution is 0.0972. The molecule has 0 aliphatic carbocycles. The van der Waals surface area contributed by atoms with Crippen LogP contribution in [0.2, 0.25) is 0 Å². The van der Waals surface area contributed by atoms with E-state index in [9.17, 15) is 13.2 Å². The molecule has 0 atom stereocenters. The summed E-state index contributed by atoms with van der Waals surface area (Å²) in [6.07, 6.45) is 1.19. The first kappa shape index (κ1) is 19.5. The van der Waals surface area contributed by atoms with Gasteiger partial charge in [-0.15, -0.1) is 0 Å². The van der Waals surface area contributed by atoms with Crippen LogP contribution in [0.1, 0.15) is 27.4 Å². The molecule has 4 N–H and O–H groups in total. The molecular weight excluding hydrogens is 356 g/mol. The Kier molecular flexibility index (Phi) is 6.04. The van der Waals surface area contributed by atoms with Gasteiger partial charge in [-0.3, -0.25) is 9.79 Å². The second-order valence-corrected chi connectivity index (χ2v) is 7.77. The van der Waals surface area contributed by atoms with Crippen molar-refractivity contribution in [3.05, 3.63) is 53.0 Å². The van der Waals surface area contributed by atoms with E-state index in [2.05, 4.69) is 15.6 Å². The Bertz CT molecular complexity index is 932. The van der Waals surface area contributed by atoms with Crippen LogP contribution >= 0.6 is 0 Å². The van der Waals surface area contributed by atoms with Crippen LogP contribution in [0.4, 0.5) is 0 Å². The maximum absolute atomic E-state index is 11.7. The molecule has 0 aliphatic rings. The van der Waals surface area contributed by atoms with Gasteiger partial charge in [0, 0.05) is 19.8 Å². The van der Waals surface area contributed by atoms with E-state index in [4.69, 9.17) is 10.2 Å². The van der Waals surface area contributed by atoms with Crippen molar-refractivity contribution in [1.29, 1.82) is 0 Å². The van der Waals surface area contributed by atoms with Crippen molar-refractivity contribution < 1.29 is 17.6 Å². The highest BCUT2D eigenvalue weighted by Crippen LogP contribution is 2.16. The summed E-state index contributed by atoms with van der Waals surface area (Å²) < 4.78 is 28.6. The highest BCUT2D eigenvalue weighted by Gasteiger charge is 2.11. The summed E-state index contributed by atoms with van der Waals surface area (Å²) in [5.41, 5.74) is 6.77. The number of furan rings is 1. The second-order valence-electron chi connectivity index (χ2n) is 5.78. The topological polar surface area (TPSA) is 127 Å². The van der Waals surface area contributed by atoms with E-state index >= 15 is 0 Å². The number of carbonyl (C=O) groups is 1. The van der Waals surface area contributed by atoms with Crippen LogP contribution in [0.5, 0.6) is 0 Å². The van der Waals surface area contributed by atoms with Crippen LogP contribution in [-0.2, 0) is 22.9 Å². The fourth-order valence-electron chi connectivity index (χ4n) is 2.42. The Morgan fingerprint density at radius 3 is 2.42 bits per heavy atom. The largest absolute Gasteiger partial charge is 0.454 e. The Hall–Kier alpha value is -2.81. The van der Waals surface area contributed by atoms with E-state index in [1.807, 2.05) is 6.07 Å². The van der Waals surface area contributed by atoms with Crippen LogP contribution in [0, 0.1) is 6.92 Å². The molecule has 0 aliphatic heterocycles. The molecule has 1 aromatic carbocycles. The first-order chi connectivity index (χ1) is 12.2. The number of hydrogen-bond acceptors (Lipinski definition) is 5. The molecule has 140 valence electrons. The van der Waals surface area contributed by atoms with Gasteiger partial charge in [0.1, 0.15) is 5.76 Å². The van der Waals surface area contributed by atoms with E-state index in [0.717, 1.165) is 5.56 Å². The van der Waals surface area contributed by atoms with Crippen molar-refractivity contribution in [3.63, 3.8) is 0 Å². The molecular formula is C17H22N4O4S. The average molecular weight is 378 g/mol. The maximum atomic E-state index is 11.7. The van der Waals surface area contributed by atoms with Gasteiger partial charge in [-0.2, -0.15) is 0 Å². The number of nitrogens with two attached hydrogens (primary N) is 1. The number of hydrogen-bond donors (Lipinski definition) is 3. The van der Waals surface area contributed by atoms with Crippen LogP contribution in [0.25, 0.3) is 0 Å². The van der Waals surface area contributed by atoms with Gasteiger partial charge in [0.2, 0.25) is 0 Å². The number of aryl methyl sites for hydroxylation is 1. The Labute approximate surface area is 152 Å². The zero-order chi connectivity index (χ0) is 19.3. The molecule has 0 radical (unpaired) electrons. The Balaban J connectivity index is 1.94. The lowest BCUT2D eigenvalue weighted by Gasteiger charge is -2.12. The fraction of sp³-hybridized carbons (Fsp3) is 0.294. The monoisotopic (exact) mass is 378 g/mol. The van der Waals surface area contributed by atoms with Gasteiger partial charge >= 0.3 is 0 Å². The minimum Gasteiger partial charge on any atom is -0.454 e. The molecule has 1 amide bonds. The molecule has 1 aromatic heterocycles. The van der Waals surface area contributed by atoms with E-state index in [0.29, 0.717) is 35.3 Å². The molecule has 0 bridgehead atoms. The van der Waals surface area contributed by atoms with Crippen molar-refractivity contribution in [2.75, 3.05) is 13.3 Å². The highest BCUT2D eigenvalue weighted by atomic mass is 32.2. The van der Waals surface area contributed by atoms with Gasteiger partial charge in [0.05, 0.1) is 11.4 Å².